The van der Waals surface area contributed by atoms with Gasteiger partial charge in [-0.3, -0.25) is 0 Å². The van der Waals surface area contributed by atoms with E-state index in [4.69, 9.17) is 4.74 Å². The van der Waals surface area contributed by atoms with Crippen LogP contribution in [-0.2, 0) is 4.74 Å². The number of aliphatic hydroxyl groups excluding tert-OH is 1. The number of hydrogen-bond acceptors (Lipinski definition) is 2. The van der Waals surface area contributed by atoms with Gasteiger partial charge in [0.2, 0.25) is 0 Å². The van der Waals surface area contributed by atoms with Crippen molar-refractivity contribution in [1.29, 1.82) is 0 Å². The highest BCUT2D eigenvalue weighted by atomic mass is 16.6. The van der Waals surface area contributed by atoms with Crippen LogP contribution in [0.2, 0.25) is 0 Å². The first kappa shape index (κ1) is 11.9. The van der Waals surface area contributed by atoms with E-state index < -0.39 is 6.29 Å². The predicted molar refractivity (Wildman–Crippen MR) is 50.9 cm³/mol. The summed E-state index contributed by atoms with van der Waals surface area (Å²) in [5, 5.41) is 9.34. The fourth-order valence-corrected chi connectivity index (χ4v) is 0.865. The van der Waals surface area contributed by atoms with Crippen molar-refractivity contribution in [2.45, 2.75) is 46.8 Å². The first-order chi connectivity index (χ1) is 5.56. The Labute approximate surface area is 75.9 Å². The van der Waals surface area contributed by atoms with E-state index in [1.165, 1.54) is 0 Å². The van der Waals surface area contributed by atoms with Gasteiger partial charge in [0.05, 0.1) is 6.61 Å². The molecule has 0 aliphatic rings. The molecular weight excluding hydrogens is 152 g/mol. The summed E-state index contributed by atoms with van der Waals surface area (Å²) < 4.78 is 5.26. The van der Waals surface area contributed by atoms with Crippen LogP contribution in [0.1, 0.15) is 40.5 Å². The van der Waals surface area contributed by atoms with Crippen LogP contribution in [0.4, 0.5) is 0 Å². The van der Waals surface area contributed by atoms with Crippen molar-refractivity contribution in [3.8, 4) is 0 Å². The van der Waals surface area contributed by atoms with Crippen LogP contribution in [0, 0.1) is 11.8 Å². The van der Waals surface area contributed by atoms with Gasteiger partial charge in [-0.15, -0.1) is 0 Å². The molecule has 0 radical (unpaired) electrons. The van der Waals surface area contributed by atoms with Crippen molar-refractivity contribution in [2.24, 2.45) is 11.8 Å². The summed E-state index contributed by atoms with van der Waals surface area (Å²) in [6, 6.07) is 0. The topological polar surface area (TPSA) is 29.5 Å². The summed E-state index contributed by atoms with van der Waals surface area (Å²) in [4.78, 5) is 0. The molecule has 0 saturated heterocycles. The first-order valence-corrected chi connectivity index (χ1v) is 4.85. The van der Waals surface area contributed by atoms with Gasteiger partial charge < -0.3 is 9.84 Å². The molecule has 1 N–H and O–H groups in total. The Morgan fingerprint density at radius 3 is 2.25 bits per heavy atom. The summed E-state index contributed by atoms with van der Waals surface area (Å²) in [5.41, 5.74) is 0. The second-order valence-corrected chi connectivity index (χ2v) is 3.93. The first-order valence-electron chi connectivity index (χ1n) is 4.85. The molecule has 2 unspecified atom stereocenters. The Kier molecular flexibility index (Phi) is 6.39. The average molecular weight is 174 g/mol. The summed E-state index contributed by atoms with van der Waals surface area (Å²) in [6.07, 6.45) is 1.27. The Hall–Kier alpha value is -0.0800. The molecule has 0 spiro atoms. The van der Waals surface area contributed by atoms with Gasteiger partial charge in [0, 0.05) is 6.42 Å². The number of aliphatic hydroxyl groups is 1. The Bertz CT molecular complexity index is 102. The molecule has 2 atom stereocenters. The standard InChI is InChI=1S/C10H22O2/c1-5-9(4)7-12-10(11)6-8(2)3/h8-11H,5-7H2,1-4H3. The molecular formula is C10H22O2. The summed E-state index contributed by atoms with van der Waals surface area (Å²) in [6.45, 7) is 9.08. The molecule has 0 rings (SSSR count). The Morgan fingerprint density at radius 1 is 1.25 bits per heavy atom. The van der Waals surface area contributed by atoms with Gasteiger partial charge in [-0.05, 0) is 11.8 Å². The van der Waals surface area contributed by atoms with E-state index in [-0.39, 0.29) is 0 Å². The minimum absolute atomic E-state index is 0.497. The lowest BCUT2D eigenvalue weighted by molar-refractivity contribution is -0.117. The van der Waals surface area contributed by atoms with Gasteiger partial charge >= 0.3 is 0 Å². The minimum atomic E-state index is -0.570. The minimum Gasteiger partial charge on any atom is -0.368 e. The van der Waals surface area contributed by atoms with Crippen molar-refractivity contribution >= 4 is 0 Å². The van der Waals surface area contributed by atoms with Crippen molar-refractivity contribution in [3.63, 3.8) is 0 Å². The van der Waals surface area contributed by atoms with E-state index >= 15 is 0 Å². The van der Waals surface area contributed by atoms with Crippen molar-refractivity contribution in [1.82, 2.24) is 0 Å². The number of hydrogen-bond donors (Lipinski definition) is 1. The molecule has 12 heavy (non-hydrogen) atoms. The van der Waals surface area contributed by atoms with E-state index in [1.807, 2.05) is 0 Å². The molecule has 0 amide bonds. The Balaban J connectivity index is 3.36. The number of rotatable bonds is 6. The SMILES string of the molecule is CCC(C)COC(O)CC(C)C. The van der Waals surface area contributed by atoms with Gasteiger partial charge in [-0.2, -0.15) is 0 Å². The smallest absolute Gasteiger partial charge is 0.154 e. The zero-order chi connectivity index (χ0) is 9.56. The van der Waals surface area contributed by atoms with Gasteiger partial charge in [-0.1, -0.05) is 34.1 Å². The molecule has 74 valence electrons. The molecule has 2 nitrogen and oxygen atoms in total. The second kappa shape index (κ2) is 6.44. The number of ether oxygens (including phenoxy) is 1. The quantitative estimate of drug-likeness (QED) is 0.627. The fraction of sp³-hybridized carbons (Fsp3) is 1.00. The maximum absolute atomic E-state index is 9.34. The maximum Gasteiger partial charge on any atom is 0.154 e. The lowest BCUT2D eigenvalue weighted by Gasteiger charge is -2.16. The lowest BCUT2D eigenvalue weighted by atomic mass is 10.1. The monoisotopic (exact) mass is 174 g/mol. The third-order valence-corrected chi connectivity index (χ3v) is 1.94. The molecule has 0 aromatic carbocycles. The van der Waals surface area contributed by atoms with Crippen LogP contribution in [0.5, 0.6) is 0 Å². The van der Waals surface area contributed by atoms with Crippen LogP contribution in [0.3, 0.4) is 0 Å². The van der Waals surface area contributed by atoms with Crippen molar-refractivity contribution < 1.29 is 9.84 Å². The molecule has 0 aliphatic carbocycles. The molecule has 0 aromatic heterocycles. The zero-order valence-electron chi connectivity index (χ0n) is 8.71. The van der Waals surface area contributed by atoms with Crippen LogP contribution >= 0.6 is 0 Å². The van der Waals surface area contributed by atoms with Crippen LogP contribution in [0.15, 0.2) is 0 Å². The van der Waals surface area contributed by atoms with Gasteiger partial charge in [0.25, 0.3) is 0 Å². The van der Waals surface area contributed by atoms with E-state index in [0.717, 1.165) is 12.8 Å². The summed E-state index contributed by atoms with van der Waals surface area (Å²) in [7, 11) is 0. The molecule has 0 heterocycles. The third-order valence-electron chi connectivity index (χ3n) is 1.94. The van der Waals surface area contributed by atoms with Crippen molar-refractivity contribution in [2.75, 3.05) is 6.61 Å². The molecule has 0 aromatic rings. The van der Waals surface area contributed by atoms with Crippen LogP contribution in [-0.4, -0.2) is 18.0 Å². The third kappa shape index (κ3) is 6.62. The molecule has 0 fully saturated rings. The molecule has 0 saturated carbocycles. The van der Waals surface area contributed by atoms with E-state index in [1.54, 1.807) is 0 Å². The molecule has 2 heteroatoms. The van der Waals surface area contributed by atoms with Crippen molar-refractivity contribution in [3.05, 3.63) is 0 Å². The highest BCUT2D eigenvalue weighted by Crippen LogP contribution is 2.08. The largest absolute Gasteiger partial charge is 0.368 e. The maximum atomic E-state index is 9.34. The van der Waals surface area contributed by atoms with E-state index in [0.29, 0.717) is 18.4 Å². The van der Waals surface area contributed by atoms with E-state index in [2.05, 4.69) is 27.7 Å². The van der Waals surface area contributed by atoms with Gasteiger partial charge in [-0.25, -0.2) is 0 Å². The second-order valence-electron chi connectivity index (χ2n) is 3.93. The summed E-state index contributed by atoms with van der Waals surface area (Å²) >= 11 is 0. The lowest BCUT2D eigenvalue weighted by Crippen LogP contribution is -2.18. The van der Waals surface area contributed by atoms with Gasteiger partial charge in [0.1, 0.15) is 0 Å². The van der Waals surface area contributed by atoms with Crippen LogP contribution < -0.4 is 0 Å². The Morgan fingerprint density at radius 2 is 1.83 bits per heavy atom. The van der Waals surface area contributed by atoms with Gasteiger partial charge in [0.15, 0.2) is 6.29 Å². The fourth-order valence-electron chi connectivity index (χ4n) is 0.865. The average Bonchev–Trinajstić information content (AvgIpc) is 1.99. The van der Waals surface area contributed by atoms with E-state index in [9.17, 15) is 5.11 Å². The highest BCUT2D eigenvalue weighted by Gasteiger charge is 2.08. The molecule has 0 bridgehead atoms. The summed E-state index contributed by atoms with van der Waals surface area (Å²) in [5.74, 6) is 1.05. The highest BCUT2D eigenvalue weighted by molar-refractivity contribution is 4.51. The zero-order valence-corrected chi connectivity index (χ0v) is 8.71. The normalized spacial score (nSPS) is 16.5. The van der Waals surface area contributed by atoms with Crippen LogP contribution in [0.25, 0.3) is 0 Å². The predicted octanol–water partition coefficient (Wildman–Crippen LogP) is 2.41. The molecule has 0 aliphatic heterocycles.